The molecule has 0 aromatic heterocycles. The van der Waals surface area contributed by atoms with Crippen LogP contribution < -0.4 is 5.32 Å². The van der Waals surface area contributed by atoms with Crippen molar-refractivity contribution < 1.29 is 24.5 Å². The summed E-state index contributed by atoms with van der Waals surface area (Å²) in [4.78, 5) is 24.6. The highest BCUT2D eigenvalue weighted by Gasteiger charge is 2.20. The van der Waals surface area contributed by atoms with E-state index in [1.165, 1.54) is 405 Å². The minimum Gasteiger partial charge on any atom is -0.466 e. The van der Waals surface area contributed by atoms with Crippen LogP contribution in [0.5, 0.6) is 0 Å². The van der Waals surface area contributed by atoms with Gasteiger partial charge in [-0.15, -0.1) is 0 Å². The van der Waals surface area contributed by atoms with Gasteiger partial charge >= 0.3 is 5.97 Å². The van der Waals surface area contributed by atoms with Gasteiger partial charge in [-0.05, 0) is 25.7 Å². The molecule has 0 spiro atoms. The van der Waals surface area contributed by atoms with Gasteiger partial charge in [-0.2, -0.15) is 0 Å². The quantitative estimate of drug-likeness (QED) is 0.0417. The summed E-state index contributed by atoms with van der Waals surface area (Å²) in [5.74, 6) is 0.00179. The fraction of sp³-hybridized carbons (Fsp3) is 0.975. The number of hydrogen-bond acceptors (Lipinski definition) is 5. The lowest BCUT2D eigenvalue weighted by atomic mass is 10.0. The molecular weight excluding hydrogens is 1050 g/mol. The molecule has 0 heterocycles. The van der Waals surface area contributed by atoms with Crippen molar-refractivity contribution in [1.82, 2.24) is 5.32 Å². The Balaban J connectivity index is 3.29. The molecule has 0 saturated heterocycles. The van der Waals surface area contributed by atoms with Crippen LogP contribution in [0.15, 0.2) is 0 Å². The summed E-state index contributed by atoms with van der Waals surface area (Å²) in [6.07, 6.45) is 95.0. The topological polar surface area (TPSA) is 95.9 Å². The first-order chi connectivity index (χ1) is 42.5. The molecule has 2 atom stereocenters. The summed E-state index contributed by atoms with van der Waals surface area (Å²) in [5, 5.41) is 23.4. The third-order valence-corrected chi connectivity index (χ3v) is 19.4. The van der Waals surface area contributed by atoms with Gasteiger partial charge in [0, 0.05) is 12.8 Å². The highest BCUT2D eigenvalue weighted by Crippen LogP contribution is 2.21. The minimum absolute atomic E-state index is 0.0232. The van der Waals surface area contributed by atoms with Crippen LogP contribution in [0.25, 0.3) is 0 Å². The summed E-state index contributed by atoms with van der Waals surface area (Å²) >= 11 is 0. The molecule has 0 aliphatic rings. The van der Waals surface area contributed by atoms with Crippen LogP contribution in [-0.2, 0) is 14.3 Å². The molecule has 0 bridgehead atoms. The highest BCUT2D eigenvalue weighted by atomic mass is 16.5. The average Bonchev–Trinajstić information content (AvgIpc) is 3.60. The molecule has 0 rings (SSSR count). The van der Waals surface area contributed by atoms with Gasteiger partial charge in [-0.3, -0.25) is 9.59 Å². The zero-order valence-corrected chi connectivity index (χ0v) is 59.1. The largest absolute Gasteiger partial charge is 0.466 e. The molecule has 86 heavy (non-hydrogen) atoms. The molecule has 514 valence electrons. The van der Waals surface area contributed by atoms with E-state index in [0.29, 0.717) is 25.9 Å². The van der Waals surface area contributed by atoms with Gasteiger partial charge in [0.1, 0.15) is 0 Å². The number of carbonyl (C=O) groups excluding carboxylic acids is 2. The molecule has 3 N–H and O–H groups in total. The number of ether oxygens (including phenoxy) is 1. The molecule has 0 aromatic rings. The van der Waals surface area contributed by atoms with Crippen molar-refractivity contribution in [3.63, 3.8) is 0 Å². The first-order valence-electron chi connectivity index (χ1n) is 40.3. The van der Waals surface area contributed by atoms with Gasteiger partial charge in [0.05, 0.1) is 25.4 Å². The summed E-state index contributed by atoms with van der Waals surface area (Å²) in [6, 6.07) is -0.536. The first-order valence-corrected chi connectivity index (χ1v) is 40.3. The zero-order chi connectivity index (χ0) is 62.0. The summed E-state index contributed by atoms with van der Waals surface area (Å²) in [6.45, 7) is 5.01. The van der Waals surface area contributed by atoms with Crippen LogP contribution in [0, 0.1) is 0 Å². The van der Waals surface area contributed by atoms with Crippen LogP contribution in [0.2, 0.25) is 0 Å². The van der Waals surface area contributed by atoms with Crippen LogP contribution >= 0.6 is 0 Å². The molecule has 0 aromatic carbocycles. The van der Waals surface area contributed by atoms with Gasteiger partial charge in [0.2, 0.25) is 5.91 Å². The lowest BCUT2D eigenvalue weighted by molar-refractivity contribution is -0.143. The molecule has 0 aliphatic carbocycles. The summed E-state index contributed by atoms with van der Waals surface area (Å²) < 4.78 is 5.48. The number of esters is 1. The Morgan fingerprint density at radius 2 is 0.477 bits per heavy atom. The number of rotatable bonds is 77. The van der Waals surface area contributed by atoms with Crippen molar-refractivity contribution in [1.29, 1.82) is 0 Å². The molecule has 0 aliphatic heterocycles. The highest BCUT2D eigenvalue weighted by molar-refractivity contribution is 5.76. The maximum Gasteiger partial charge on any atom is 0.305 e. The third kappa shape index (κ3) is 71.9. The van der Waals surface area contributed by atoms with E-state index in [1.807, 2.05) is 0 Å². The Bertz CT molecular complexity index is 1260. The van der Waals surface area contributed by atoms with Gasteiger partial charge in [0.15, 0.2) is 0 Å². The third-order valence-electron chi connectivity index (χ3n) is 19.4. The second-order valence-corrected chi connectivity index (χ2v) is 28.1. The Kier molecular flexibility index (Phi) is 75.3. The standard InChI is InChI=1S/C80H159NO5/c1-3-5-7-9-11-13-15-16-17-18-40-43-46-49-53-56-60-64-68-72-78(83)77(76-82)81-79(84)73-69-65-61-57-54-50-47-44-41-38-36-34-32-30-28-26-24-22-20-19-21-23-25-27-29-31-33-35-37-39-42-45-48-51-55-59-63-67-71-75-86-80(85)74-70-66-62-58-52-14-12-10-8-6-4-2/h77-78,82-83H,3-76H2,1-2H3,(H,81,84). The minimum atomic E-state index is -0.660. The Hall–Kier alpha value is -1.14. The van der Waals surface area contributed by atoms with E-state index in [4.69, 9.17) is 4.74 Å². The number of carbonyl (C=O) groups is 2. The Labute approximate surface area is 540 Å². The predicted octanol–water partition coefficient (Wildman–Crippen LogP) is 26.5. The van der Waals surface area contributed by atoms with Crippen molar-refractivity contribution in [2.75, 3.05) is 13.2 Å². The van der Waals surface area contributed by atoms with E-state index in [-0.39, 0.29) is 18.5 Å². The fourth-order valence-electron chi connectivity index (χ4n) is 13.3. The number of unbranched alkanes of at least 4 members (excludes halogenated alkanes) is 66. The molecule has 0 fully saturated rings. The maximum atomic E-state index is 12.6. The number of amides is 1. The number of aliphatic hydroxyl groups excluding tert-OH is 2. The second-order valence-electron chi connectivity index (χ2n) is 28.1. The van der Waals surface area contributed by atoms with Crippen molar-refractivity contribution in [3.05, 3.63) is 0 Å². The maximum absolute atomic E-state index is 12.6. The molecular formula is C80H159NO5. The summed E-state index contributed by atoms with van der Waals surface area (Å²) in [5.41, 5.74) is 0. The smallest absolute Gasteiger partial charge is 0.305 e. The molecule has 2 unspecified atom stereocenters. The number of aliphatic hydroxyl groups is 2. The normalized spacial score (nSPS) is 12.4. The van der Waals surface area contributed by atoms with Gasteiger partial charge in [-0.25, -0.2) is 0 Å². The van der Waals surface area contributed by atoms with E-state index in [1.54, 1.807) is 0 Å². The molecule has 6 heteroatoms. The van der Waals surface area contributed by atoms with Crippen molar-refractivity contribution in [3.8, 4) is 0 Å². The van der Waals surface area contributed by atoms with Crippen LogP contribution in [0.1, 0.15) is 476 Å². The van der Waals surface area contributed by atoms with Crippen LogP contribution in [0.4, 0.5) is 0 Å². The van der Waals surface area contributed by atoms with E-state index < -0.39 is 12.1 Å². The van der Waals surface area contributed by atoms with Crippen molar-refractivity contribution >= 4 is 11.9 Å². The second kappa shape index (κ2) is 76.3. The van der Waals surface area contributed by atoms with Gasteiger partial charge in [0.25, 0.3) is 0 Å². The van der Waals surface area contributed by atoms with E-state index >= 15 is 0 Å². The summed E-state index contributed by atoms with van der Waals surface area (Å²) in [7, 11) is 0. The number of nitrogens with one attached hydrogen (secondary N) is 1. The van der Waals surface area contributed by atoms with Crippen molar-refractivity contribution in [2.45, 2.75) is 488 Å². The van der Waals surface area contributed by atoms with Gasteiger partial charge in [-0.1, -0.05) is 438 Å². The average molecular weight is 1220 g/mol. The molecule has 0 saturated carbocycles. The molecule has 0 radical (unpaired) electrons. The van der Waals surface area contributed by atoms with E-state index in [0.717, 1.165) is 38.5 Å². The Morgan fingerprint density at radius 3 is 0.709 bits per heavy atom. The van der Waals surface area contributed by atoms with Crippen LogP contribution in [-0.4, -0.2) is 47.4 Å². The molecule has 1 amide bonds. The predicted molar refractivity (Wildman–Crippen MR) is 380 cm³/mol. The first kappa shape index (κ1) is 84.9. The van der Waals surface area contributed by atoms with Crippen molar-refractivity contribution in [2.24, 2.45) is 0 Å². The van der Waals surface area contributed by atoms with E-state index in [2.05, 4.69) is 19.2 Å². The zero-order valence-electron chi connectivity index (χ0n) is 59.1. The molecule has 6 nitrogen and oxygen atoms in total. The SMILES string of the molecule is CCCCCCCCCCCCCCCCCCCCCC(O)C(CO)NC(=O)CCCCCCCCCCCCCCCCCCCCCCCCCCCCCCCCCCCCCCCCCOC(=O)CCCCCCCCCCCCC. The fourth-order valence-corrected chi connectivity index (χ4v) is 13.3. The monoisotopic (exact) mass is 1210 g/mol. The number of hydrogen-bond donors (Lipinski definition) is 3. The van der Waals surface area contributed by atoms with Gasteiger partial charge < -0.3 is 20.3 Å². The Morgan fingerprint density at radius 1 is 0.279 bits per heavy atom. The lowest BCUT2D eigenvalue weighted by Gasteiger charge is -2.22. The van der Waals surface area contributed by atoms with E-state index in [9.17, 15) is 19.8 Å². The lowest BCUT2D eigenvalue weighted by Crippen LogP contribution is -2.45. The van der Waals surface area contributed by atoms with Crippen LogP contribution in [0.3, 0.4) is 0 Å².